The van der Waals surface area contributed by atoms with Crippen molar-refractivity contribution in [1.29, 1.82) is 0 Å². The molecule has 2 saturated carbocycles. The lowest BCUT2D eigenvalue weighted by Crippen LogP contribution is -2.46. The van der Waals surface area contributed by atoms with Crippen LogP contribution in [-0.2, 0) is 18.9 Å². The summed E-state index contributed by atoms with van der Waals surface area (Å²) in [4.78, 5) is 0. The first-order valence-corrected chi connectivity index (χ1v) is 14.3. The average molecular weight is 487 g/mol. The van der Waals surface area contributed by atoms with Crippen LogP contribution in [0.25, 0.3) is 0 Å². The van der Waals surface area contributed by atoms with Gasteiger partial charge in [-0.15, -0.1) is 0 Å². The van der Waals surface area contributed by atoms with Gasteiger partial charge in [-0.25, -0.2) is 0 Å². The van der Waals surface area contributed by atoms with Crippen LogP contribution in [0, 0.1) is 29.1 Å². The zero-order chi connectivity index (χ0) is 24.3. The number of aliphatic hydroxyl groups excluding tert-OH is 1. The summed E-state index contributed by atoms with van der Waals surface area (Å²) in [6.45, 7) is 8.82. The van der Waals surface area contributed by atoms with Crippen molar-refractivity contribution in [3.8, 4) is 0 Å². The fraction of sp³-hybridized carbons (Fsp3) is 0.800. The van der Waals surface area contributed by atoms with Crippen LogP contribution in [0.4, 0.5) is 0 Å². The molecular weight excluding hydrogens is 440 g/mol. The van der Waals surface area contributed by atoms with E-state index in [9.17, 15) is 5.11 Å². The minimum atomic E-state index is -0.157. The monoisotopic (exact) mass is 486 g/mol. The second kappa shape index (κ2) is 11.5. The van der Waals surface area contributed by atoms with E-state index in [-0.39, 0.29) is 36.6 Å². The zero-order valence-corrected chi connectivity index (χ0v) is 21.7. The third-order valence-corrected chi connectivity index (χ3v) is 9.66. The van der Waals surface area contributed by atoms with Crippen molar-refractivity contribution in [2.45, 2.75) is 103 Å². The lowest BCUT2D eigenvalue weighted by atomic mass is 9.56. The number of rotatable bonds is 5. The van der Waals surface area contributed by atoms with Crippen molar-refractivity contribution < 1.29 is 24.1 Å². The first-order valence-electron chi connectivity index (χ1n) is 14.3. The Hall–Kier alpha value is -1.14. The number of hydrogen-bond donors (Lipinski definition) is 1. The molecule has 5 aliphatic rings. The fourth-order valence-electron chi connectivity index (χ4n) is 7.59. The molecular formula is C30H46O5. The Kier molecular flexibility index (Phi) is 8.38. The first kappa shape index (κ1) is 25.5. The molecule has 3 aliphatic carbocycles. The van der Waals surface area contributed by atoms with Gasteiger partial charge < -0.3 is 24.1 Å². The van der Waals surface area contributed by atoms with E-state index in [0.29, 0.717) is 17.8 Å². The maximum Gasteiger partial charge on any atom is 0.199 e. The molecule has 0 amide bonds. The fourth-order valence-corrected chi connectivity index (χ4v) is 7.59. The molecule has 2 saturated heterocycles. The average Bonchev–Trinajstić information content (AvgIpc) is 3.21. The van der Waals surface area contributed by atoms with Gasteiger partial charge in [0, 0.05) is 19.6 Å². The normalized spacial score (nSPS) is 45.0. The van der Waals surface area contributed by atoms with E-state index < -0.39 is 0 Å². The summed E-state index contributed by atoms with van der Waals surface area (Å²) in [5, 5.41) is 10.3. The number of ether oxygens (including phenoxy) is 4. The number of fused-ring (bicyclic) bond motifs is 3. The Bertz CT molecular complexity index is 778. The molecule has 5 heteroatoms. The molecule has 0 aromatic carbocycles. The van der Waals surface area contributed by atoms with Crippen molar-refractivity contribution in [3.63, 3.8) is 0 Å². The Balaban J connectivity index is 1.31. The standard InChI is InChI=1S/C30H46O5/c1-21-9-11-23(34-28-7-3-5-17-32-28)12-10-22(20-31)19-25-24(21)15-16-30(2)26(25)13-14-27(30)35-29-8-4-6-18-33-29/h9,11-12,22,24-29,31H,1,3-8,10,13-20H2,2H3/b11-9-,23-12+/t22-,24?,25?,26?,27+,28?,29?,30+/m1/s1. The lowest BCUT2D eigenvalue weighted by molar-refractivity contribution is -0.213. The Morgan fingerprint density at radius 2 is 1.77 bits per heavy atom. The molecule has 0 aromatic rings. The van der Waals surface area contributed by atoms with Gasteiger partial charge in [0.15, 0.2) is 12.6 Å². The van der Waals surface area contributed by atoms with E-state index in [1.807, 2.05) is 0 Å². The van der Waals surface area contributed by atoms with Crippen molar-refractivity contribution in [2.75, 3.05) is 19.8 Å². The highest BCUT2D eigenvalue weighted by atomic mass is 16.7. The van der Waals surface area contributed by atoms with Crippen LogP contribution in [0.3, 0.4) is 0 Å². The third-order valence-electron chi connectivity index (χ3n) is 9.66. The van der Waals surface area contributed by atoms with Crippen LogP contribution in [0.2, 0.25) is 0 Å². The van der Waals surface area contributed by atoms with Gasteiger partial charge in [0.25, 0.3) is 0 Å². The van der Waals surface area contributed by atoms with Gasteiger partial charge in [-0.1, -0.05) is 25.2 Å². The summed E-state index contributed by atoms with van der Waals surface area (Å²) in [5.41, 5.74) is 1.38. The number of aliphatic hydroxyl groups is 1. The predicted octanol–water partition coefficient (Wildman–Crippen LogP) is 6.28. The number of allylic oxidation sites excluding steroid dienone is 4. The van der Waals surface area contributed by atoms with Crippen molar-refractivity contribution in [3.05, 3.63) is 36.1 Å². The second-order valence-corrected chi connectivity index (χ2v) is 11.9. The second-order valence-electron chi connectivity index (χ2n) is 11.9. The molecule has 5 nitrogen and oxygen atoms in total. The van der Waals surface area contributed by atoms with Crippen molar-refractivity contribution >= 4 is 0 Å². The van der Waals surface area contributed by atoms with E-state index in [4.69, 9.17) is 18.9 Å². The van der Waals surface area contributed by atoms with Gasteiger partial charge in [0.1, 0.15) is 5.76 Å². The summed E-state index contributed by atoms with van der Waals surface area (Å²) < 4.78 is 24.6. The van der Waals surface area contributed by atoms with Crippen LogP contribution in [0.5, 0.6) is 0 Å². The van der Waals surface area contributed by atoms with Gasteiger partial charge in [-0.2, -0.15) is 0 Å². The Morgan fingerprint density at radius 1 is 1.00 bits per heavy atom. The Morgan fingerprint density at radius 3 is 2.49 bits per heavy atom. The van der Waals surface area contributed by atoms with Gasteiger partial charge in [0.2, 0.25) is 0 Å². The lowest BCUT2D eigenvalue weighted by Gasteiger charge is -2.50. The van der Waals surface area contributed by atoms with E-state index >= 15 is 0 Å². The summed E-state index contributed by atoms with van der Waals surface area (Å²) in [5.74, 6) is 2.67. The number of hydrogen-bond acceptors (Lipinski definition) is 5. The molecule has 5 rings (SSSR count). The maximum absolute atomic E-state index is 10.3. The first-order chi connectivity index (χ1) is 17.1. The topological polar surface area (TPSA) is 57.2 Å². The smallest absolute Gasteiger partial charge is 0.199 e. The molecule has 2 aliphatic heterocycles. The highest BCUT2D eigenvalue weighted by Crippen LogP contribution is 2.60. The molecule has 1 N–H and O–H groups in total. The van der Waals surface area contributed by atoms with Crippen LogP contribution in [0.1, 0.15) is 84.0 Å². The predicted molar refractivity (Wildman–Crippen MR) is 136 cm³/mol. The van der Waals surface area contributed by atoms with Crippen molar-refractivity contribution in [2.24, 2.45) is 29.1 Å². The highest BCUT2D eigenvalue weighted by molar-refractivity contribution is 5.27. The molecule has 35 heavy (non-hydrogen) atoms. The Labute approximate surface area is 211 Å². The minimum absolute atomic E-state index is 0.0223. The molecule has 0 aromatic heterocycles. The van der Waals surface area contributed by atoms with Crippen LogP contribution < -0.4 is 0 Å². The van der Waals surface area contributed by atoms with E-state index in [1.165, 1.54) is 24.8 Å². The minimum Gasteiger partial charge on any atom is -0.465 e. The molecule has 4 fully saturated rings. The molecule has 196 valence electrons. The summed E-state index contributed by atoms with van der Waals surface area (Å²) in [7, 11) is 0. The largest absolute Gasteiger partial charge is 0.465 e. The molecule has 0 bridgehead atoms. The molecule has 0 spiro atoms. The quantitative estimate of drug-likeness (QED) is 0.495. The SMILES string of the molecule is C=C1/C=C\C(OC2CCCCO2)=C/C[C@@H](CO)CC2C1CC[C@@]1(C)C2CC[C@@H]1OC1CCCCO1. The van der Waals surface area contributed by atoms with Gasteiger partial charge in [-0.3, -0.25) is 0 Å². The van der Waals surface area contributed by atoms with Crippen LogP contribution in [0.15, 0.2) is 36.1 Å². The van der Waals surface area contributed by atoms with E-state index in [2.05, 4.69) is 31.7 Å². The molecule has 8 atom stereocenters. The molecule has 2 heterocycles. The highest BCUT2D eigenvalue weighted by Gasteiger charge is 2.55. The molecule has 5 unspecified atom stereocenters. The summed E-state index contributed by atoms with van der Waals surface area (Å²) in [6, 6.07) is 0. The third kappa shape index (κ3) is 5.74. The van der Waals surface area contributed by atoms with Gasteiger partial charge in [-0.05, 0) is 112 Å². The molecule has 0 radical (unpaired) electrons. The summed E-state index contributed by atoms with van der Waals surface area (Å²) in [6.07, 6.45) is 19.6. The summed E-state index contributed by atoms with van der Waals surface area (Å²) >= 11 is 0. The van der Waals surface area contributed by atoms with Gasteiger partial charge >= 0.3 is 0 Å². The van der Waals surface area contributed by atoms with E-state index in [0.717, 1.165) is 76.8 Å². The van der Waals surface area contributed by atoms with Crippen LogP contribution >= 0.6 is 0 Å². The van der Waals surface area contributed by atoms with E-state index in [1.54, 1.807) is 0 Å². The van der Waals surface area contributed by atoms with Crippen LogP contribution in [-0.4, -0.2) is 43.6 Å². The van der Waals surface area contributed by atoms with Crippen molar-refractivity contribution in [1.82, 2.24) is 0 Å². The maximum atomic E-state index is 10.3. The van der Waals surface area contributed by atoms with Gasteiger partial charge in [0.05, 0.1) is 12.7 Å². The zero-order valence-electron chi connectivity index (χ0n) is 21.7.